The standard InChI is InChI=1S/C18H21NOS/c1-3-19(13-15-7-5-4-6-8-15)14-18(20)16-9-11-17(21-2)12-10-16/h4-12H,3,13-14H2,1-2H3. The van der Waals surface area contributed by atoms with E-state index < -0.39 is 0 Å². The van der Waals surface area contributed by atoms with Crippen molar-refractivity contribution >= 4 is 17.5 Å². The van der Waals surface area contributed by atoms with Crippen molar-refractivity contribution in [1.82, 2.24) is 4.90 Å². The van der Waals surface area contributed by atoms with Crippen LogP contribution in [0.4, 0.5) is 0 Å². The predicted molar refractivity (Wildman–Crippen MR) is 89.9 cm³/mol. The molecule has 3 heteroatoms. The second-order valence-corrected chi connectivity index (χ2v) is 5.82. The lowest BCUT2D eigenvalue weighted by Crippen LogP contribution is -2.29. The molecule has 0 saturated heterocycles. The van der Waals surface area contributed by atoms with Gasteiger partial charge in [0.1, 0.15) is 0 Å². The van der Waals surface area contributed by atoms with Gasteiger partial charge in [0.25, 0.3) is 0 Å². The van der Waals surface area contributed by atoms with E-state index in [1.807, 2.05) is 48.7 Å². The summed E-state index contributed by atoms with van der Waals surface area (Å²) in [5, 5.41) is 0. The summed E-state index contributed by atoms with van der Waals surface area (Å²) in [4.78, 5) is 15.7. The highest BCUT2D eigenvalue weighted by molar-refractivity contribution is 7.98. The van der Waals surface area contributed by atoms with Crippen molar-refractivity contribution in [2.45, 2.75) is 18.4 Å². The molecule has 0 bridgehead atoms. The van der Waals surface area contributed by atoms with Gasteiger partial charge in [-0.3, -0.25) is 9.69 Å². The number of likely N-dealkylation sites (N-methyl/N-ethyl adjacent to an activating group) is 1. The van der Waals surface area contributed by atoms with Crippen LogP contribution in [0.1, 0.15) is 22.8 Å². The molecule has 2 nitrogen and oxygen atoms in total. The molecular weight excluding hydrogens is 278 g/mol. The fraction of sp³-hybridized carbons (Fsp3) is 0.278. The van der Waals surface area contributed by atoms with Gasteiger partial charge in [-0.05, 0) is 30.5 Å². The average molecular weight is 299 g/mol. The van der Waals surface area contributed by atoms with Crippen LogP contribution in [0.2, 0.25) is 0 Å². The highest BCUT2D eigenvalue weighted by Crippen LogP contribution is 2.15. The molecule has 0 unspecified atom stereocenters. The van der Waals surface area contributed by atoms with Crippen molar-refractivity contribution in [3.05, 3.63) is 65.7 Å². The summed E-state index contributed by atoms with van der Waals surface area (Å²) >= 11 is 1.69. The lowest BCUT2D eigenvalue weighted by molar-refractivity contribution is 0.0929. The number of nitrogens with zero attached hydrogens (tertiary/aromatic N) is 1. The molecule has 0 aliphatic carbocycles. The first-order valence-electron chi connectivity index (χ1n) is 7.16. The molecule has 0 aromatic heterocycles. The first kappa shape index (κ1) is 15.8. The van der Waals surface area contributed by atoms with E-state index in [4.69, 9.17) is 0 Å². The van der Waals surface area contributed by atoms with E-state index in [2.05, 4.69) is 24.0 Å². The number of hydrogen-bond donors (Lipinski definition) is 0. The molecule has 110 valence electrons. The zero-order valence-corrected chi connectivity index (χ0v) is 13.4. The smallest absolute Gasteiger partial charge is 0.176 e. The molecule has 0 amide bonds. The summed E-state index contributed by atoms with van der Waals surface area (Å²) in [7, 11) is 0. The zero-order chi connectivity index (χ0) is 15.1. The molecule has 21 heavy (non-hydrogen) atoms. The Bertz CT molecular complexity index is 566. The summed E-state index contributed by atoms with van der Waals surface area (Å²) in [5.41, 5.74) is 2.03. The second kappa shape index (κ2) is 8.01. The number of benzene rings is 2. The van der Waals surface area contributed by atoms with Crippen LogP contribution in [0.3, 0.4) is 0 Å². The van der Waals surface area contributed by atoms with E-state index in [-0.39, 0.29) is 5.78 Å². The number of carbonyl (C=O) groups is 1. The fourth-order valence-electron chi connectivity index (χ4n) is 2.19. The van der Waals surface area contributed by atoms with Gasteiger partial charge in [-0.2, -0.15) is 0 Å². The van der Waals surface area contributed by atoms with E-state index in [0.717, 1.165) is 18.7 Å². The maximum Gasteiger partial charge on any atom is 0.176 e. The first-order valence-corrected chi connectivity index (χ1v) is 8.39. The summed E-state index contributed by atoms with van der Waals surface area (Å²) < 4.78 is 0. The quantitative estimate of drug-likeness (QED) is 0.567. The molecular formula is C18H21NOS. The average Bonchev–Trinajstić information content (AvgIpc) is 2.55. The third kappa shape index (κ3) is 4.73. The second-order valence-electron chi connectivity index (χ2n) is 4.94. The summed E-state index contributed by atoms with van der Waals surface area (Å²) in [6.45, 7) is 4.23. The van der Waals surface area contributed by atoms with Gasteiger partial charge in [-0.15, -0.1) is 11.8 Å². The van der Waals surface area contributed by atoms with Crippen molar-refractivity contribution in [2.75, 3.05) is 19.3 Å². The Morgan fingerprint density at radius 1 is 1.05 bits per heavy atom. The van der Waals surface area contributed by atoms with E-state index in [0.29, 0.717) is 6.54 Å². The van der Waals surface area contributed by atoms with Gasteiger partial charge in [0.05, 0.1) is 6.54 Å². The zero-order valence-electron chi connectivity index (χ0n) is 12.6. The summed E-state index contributed by atoms with van der Waals surface area (Å²) in [6.07, 6.45) is 2.04. The largest absolute Gasteiger partial charge is 0.293 e. The van der Waals surface area contributed by atoms with Crippen LogP contribution >= 0.6 is 11.8 Å². The minimum atomic E-state index is 0.181. The normalized spacial score (nSPS) is 10.8. The molecule has 2 aromatic rings. The molecule has 0 atom stereocenters. The minimum Gasteiger partial charge on any atom is -0.293 e. The molecule has 2 aromatic carbocycles. The Kier molecular flexibility index (Phi) is 6.03. The lowest BCUT2D eigenvalue weighted by Gasteiger charge is -2.19. The van der Waals surface area contributed by atoms with Gasteiger partial charge in [-0.1, -0.05) is 49.4 Å². The number of ketones is 1. The Labute approximate surface area is 131 Å². The highest BCUT2D eigenvalue weighted by atomic mass is 32.2. The maximum absolute atomic E-state index is 12.4. The Morgan fingerprint density at radius 2 is 1.71 bits per heavy atom. The molecule has 0 N–H and O–H groups in total. The molecule has 0 aliphatic rings. The van der Waals surface area contributed by atoms with Gasteiger partial charge >= 0.3 is 0 Å². The minimum absolute atomic E-state index is 0.181. The van der Waals surface area contributed by atoms with E-state index >= 15 is 0 Å². The van der Waals surface area contributed by atoms with Crippen molar-refractivity contribution < 1.29 is 4.79 Å². The Morgan fingerprint density at radius 3 is 2.29 bits per heavy atom. The summed E-state index contributed by atoms with van der Waals surface area (Å²) in [5.74, 6) is 0.181. The third-order valence-corrected chi connectivity index (χ3v) is 4.22. The van der Waals surface area contributed by atoms with Crippen LogP contribution < -0.4 is 0 Å². The SMILES string of the molecule is CCN(CC(=O)c1ccc(SC)cc1)Cc1ccccc1. The van der Waals surface area contributed by atoms with Crippen LogP contribution in [0, 0.1) is 0 Å². The molecule has 2 rings (SSSR count). The van der Waals surface area contributed by atoms with Gasteiger partial charge in [0, 0.05) is 17.0 Å². The highest BCUT2D eigenvalue weighted by Gasteiger charge is 2.11. The molecule has 0 heterocycles. The first-order chi connectivity index (χ1) is 10.2. The number of carbonyl (C=O) groups excluding carboxylic acids is 1. The van der Waals surface area contributed by atoms with E-state index in [1.54, 1.807) is 11.8 Å². The van der Waals surface area contributed by atoms with Gasteiger partial charge in [0.2, 0.25) is 0 Å². The van der Waals surface area contributed by atoms with Crippen LogP contribution in [-0.2, 0) is 6.54 Å². The molecule has 0 saturated carbocycles. The number of thioether (sulfide) groups is 1. The van der Waals surface area contributed by atoms with Crippen LogP contribution in [-0.4, -0.2) is 30.0 Å². The number of hydrogen-bond acceptors (Lipinski definition) is 3. The van der Waals surface area contributed by atoms with Gasteiger partial charge < -0.3 is 0 Å². The van der Waals surface area contributed by atoms with Crippen molar-refractivity contribution in [1.29, 1.82) is 0 Å². The third-order valence-electron chi connectivity index (χ3n) is 3.48. The molecule has 0 aliphatic heterocycles. The van der Waals surface area contributed by atoms with Crippen LogP contribution in [0.25, 0.3) is 0 Å². The van der Waals surface area contributed by atoms with Crippen LogP contribution in [0.5, 0.6) is 0 Å². The monoisotopic (exact) mass is 299 g/mol. The van der Waals surface area contributed by atoms with Gasteiger partial charge in [-0.25, -0.2) is 0 Å². The van der Waals surface area contributed by atoms with Crippen molar-refractivity contribution in [3.63, 3.8) is 0 Å². The predicted octanol–water partition coefficient (Wildman–Crippen LogP) is 4.11. The topological polar surface area (TPSA) is 20.3 Å². The molecule has 0 fully saturated rings. The van der Waals surface area contributed by atoms with E-state index in [1.165, 1.54) is 10.5 Å². The van der Waals surface area contributed by atoms with E-state index in [9.17, 15) is 4.79 Å². The maximum atomic E-state index is 12.4. The Balaban J connectivity index is 1.98. The van der Waals surface area contributed by atoms with Crippen molar-refractivity contribution in [2.24, 2.45) is 0 Å². The Hall–Kier alpha value is -1.58. The number of rotatable bonds is 7. The summed E-state index contributed by atoms with van der Waals surface area (Å²) in [6, 6.07) is 18.1. The fourth-order valence-corrected chi connectivity index (χ4v) is 2.60. The molecule has 0 radical (unpaired) electrons. The van der Waals surface area contributed by atoms with Crippen molar-refractivity contribution in [3.8, 4) is 0 Å². The number of Topliss-reactive ketones (excluding diaryl/α,β-unsaturated/α-hetero) is 1. The lowest BCUT2D eigenvalue weighted by atomic mass is 10.1. The molecule has 0 spiro atoms. The van der Waals surface area contributed by atoms with Crippen LogP contribution in [0.15, 0.2) is 59.5 Å². The van der Waals surface area contributed by atoms with Gasteiger partial charge in [0.15, 0.2) is 5.78 Å².